The molecule has 0 unspecified atom stereocenters. The van der Waals surface area contributed by atoms with Crippen molar-refractivity contribution < 1.29 is 12.9 Å². The van der Waals surface area contributed by atoms with Crippen LogP contribution in [0.5, 0.6) is 0 Å². The fourth-order valence-corrected chi connectivity index (χ4v) is 4.88. The molecule has 0 saturated carbocycles. The molecule has 27 heavy (non-hydrogen) atoms. The second-order valence-electron chi connectivity index (χ2n) is 6.64. The summed E-state index contributed by atoms with van der Waals surface area (Å²) in [5.41, 5.74) is 3.59. The Morgan fingerprint density at radius 1 is 1.07 bits per heavy atom. The molecule has 0 atom stereocenters. The van der Waals surface area contributed by atoms with E-state index in [2.05, 4.69) is 29.1 Å². The number of fused-ring (bicyclic) bond motifs is 1. The van der Waals surface area contributed by atoms with Gasteiger partial charge >= 0.3 is 0 Å². The Labute approximate surface area is 158 Å². The van der Waals surface area contributed by atoms with Crippen LogP contribution in [0.4, 0.5) is 5.69 Å². The predicted octanol–water partition coefficient (Wildman–Crippen LogP) is 2.44. The number of anilines is 1. The molecule has 7 nitrogen and oxygen atoms in total. The highest BCUT2D eigenvalue weighted by Crippen LogP contribution is 2.28. The van der Waals surface area contributed by atoms with E-state index in [1.807, 2.05) is 18.2 Å². The number of sulfonamides is 1. The summed E-state index contributed by atoms with van der Waals surface area (Å²) in [5, 5.41) is 4.82. The maximum atomic E-state index is 12.6. The number of aryl methyl sites for hydroxylation is 1. The van der Waals surface area contributed by atoms with E-state index in [-0.39, 0.29) is 5.75 Å². The number of benzene rings is 1. The summed E-state index contributed by atoms with van der Waals surface area (Å²) in [6, 6.07) is 11.8. The van der Waals surface area contributed by atoms with Gasteiger partial charge in [-0.15, -0.1) is 0 Å². The van der Waals surface area contributed by atoms with Gasteiger partial charge in [0.25, 0.3) is 0 Å². The lowest BCUT2D eigenvalue weighted by Gasteiger charge is -2.36. The van der Waals surface area contributed by atoms with Gasteiger partial charge in [-0.05, 0) is 18.6 Å². The summed E-state index contributed by atoms with van der Waals surface area (Å²) >= 11 is 0. The van der Waals surface area contributed by atoms with Crippen molar-refractivity contribution in [2.75, 3.05) is 31.1 Å². The van der Waals surface area contributed by atoms with Gasteiger partial charge in [-0.3, -0.25) is 4.98 Å². The summed E-state index contributed by atoms with van der Waals surface area (Å²) < 4.78 is 31.5. The van der Waals surface area contributed by atoms with Crippen LogP contribution < -0.4 is 4.90 Å². The van der Waals surface area contributed by atoms with E-state index >= 15 is 0 Å². The Bertz CT molecular complexity index is 1030. The molecule has 0 radical (unpaired) electrons. The SMILES string of the molecule is CCc1cc(N2CCN(S(=O)(=O)Cc3ccon3)CC2)c2ccccc2n1. The summed E-state index contributed by atoms with van der Waals surface area (Å²) in [7, 11) is -3.40. The van der Waals surface area contributed by atoms with Gasteiger partial charge in [0, 0.05) is 49.0 Å². The van der Waals surface area contributed by atoms with Gasteiger partial charge in [-0.2, -0.15) is 4.31 Å². The van der Waals surface area contributed by atoms with Crippen molar-refractivity contribution in [1.82, 2.24) is 14.4 Å². The van der Waals surface area contributed by atoms with Crippen molar-refractivity contribution in [3.63, 3.8) is 0 Å². The quantitative estimate of drug-likeness (QED) is 0.670. The molecule has 1 aliphatic rings. The molecule has 3 heterocycles. The first-order chi connectivity index (χ1) is 13.1. The Morgan fingerprint density at radius 2 is 1.85 bits per heavy atom. The molecule has 0 N–H and O–H groups in total. The highest BCUT2D eigenvalue weighted by Gasteiger charge is 2.28. The van der Waals surface area contributed by atoms with Crippen molar-refractivity contribution in [2.24, 2.45) is 0 Å². The van der Waals surface area contributed by atoms with Gasteiger partial charge in [-0.1, -0.05) is 30.3 Å². The van der Waals surface area contributed by atoms with E-state index in [9.17, 15) is 8.42 Å². The van der Waals surface area contributed by atoms with E-state index in [0.29, 0.717) is 31.9 Å². The van der Waals surface area contributed by atoms with Gasteiger partial charge in [0.15, 0.2) is 0 Å². The summed E-state index contributed by atoms with van der Waals surface area (Å²) in [6.07, 6.45) is 2.26. The zero-order chi connectivity index (χ0) is 18.9. The van der Waals surface area contributed by atoms with Gasteiger partial charge < -0.3 is 9.42 Å². The van der Waals surface area contributed by atoms with Crippen molar-refractivity contribution in [2.45, 2.75) is 19.1 Å². The second-order valence-corrected chi connectivity index (χ2v) is 8.61. The molecule has 0 aliphatic carbocycles. The monoisotopic (exact) mass is 386 g/mol. The molecule has 1 saturated heterocycles. The molecule has 0 bridgehead atoms. The third kappa shape index (κ3) is 3.68. The molecule has 8 heteroatoms. The van der Waals surface area contributed by atoms with Gasteiger partial charge in [0.2, 0.25) is 10.0 Å². The maximum absolute atomic E-state index is 12.6. The third-order valence-electron chi connectivity index (χ3n) is 4.90. The number of para-hydroxylation sites is 1. The molecule has 2 aromatic heterocycles. The second kappa shape index (κ2) is 7.28. The minimum absolute atomic E-state index is 0.123. The highest BCUT2D eigenvalue weighted by atomic mass is 32.2. The van der Waals surface area contributed by atoms with Crippen molar-refractivity contribution in [1.29, 1.82) is 0 Å². The Kier molecular flexibility index (Phi) is 4.84. The van der Waals surface area contributed by atoms with Gasteiger partial charge in [-0.25, -0.2) is 8.42 Å². The first-order valence-electron chi connectivity index (χ1n) is 9.07. The van der Waals surface area contributed by atoms with E-state index in [4.69, 9.17) is 9.51 Å². The maximum Gasteiger partial charge on any atom is 0.220 e. The molecule has 3 aromatic rings. The fourth-order valence-electron chi connectivity index (χ4n) is 3.45. The highest BCUT2D eigenvalue weighted by molar-refractivity contribution is 7.88. The summed E-state index contributed by atoms with van der Waals surface area (Å²) in [6.45, 7) is 4.30. The number of hydrogen-bond donors (Lipinski definition) is 0. The number of nitrogens with zero attached hydrogens (tertiary/aromatic N) is 4. The minimum atomic E-state index is -3.40. The van der Waals surface area contributed by atoms with Gasteiger partial charge in [0.1, 0.15) is 12.0 Å². The Morgan fingerprint density at radius 3 is 2.56 bits per heavy atom. The Hall–Kier alpha value is -2.45. The average Bonchev–Trinajstić information content (AvgIpc) is 3.19. The molecule has 0 spiro atoms. The van der Waals surface area contributed by atoms with E-state index in [1.165, 1.54) is 6.26 Å². The molecule has 1 aromatic carbocycles. The largest absolute Gasteiger partial charge is 0.368 e. The standard InChI is InChI=1S/C19H22N4O3S/c1-2-15-13-19(17-5-3-4-6-18(17)20-15)22-8-10-23(11-9-22)27(24,25)14-16-7-12-26-21-16/h3-7,12-13H,2,8-11,14H2,1H3. The number of rotatable bonds is 5. The average molecular weight is 386 g/mol. The van der Waals surface area contributed by atoms with E-state index in [0.717, 1.165) is 28.7 Å². The van der Waals surface area contributed by atoms with Crippen LogP contribution in [0.1, 0.15) is 18.3 Å². The molecular formula is C19H22N4O3S. The van der Waals surface area contributed by atoms with Crippen molar-refractivity contribution in [3.05, 3.63) is 54.0 Å². The minimum Gasteiger partial charge on any atom is -0.368 e. The summed E-state index contributed by atoms with van der Waals surface area (Å²) in [5.74, 6) is -0.123. The van der Waals surface area contributed by atoms with Crippen LogP contribution in [-0.2, 0) is 22.2 Å². The van der Waals surface area contributed by atoms with Crippen LogP contribution in [-0.4, -0.2) is 49.0 Å². The van der Waals surface area contributed by atoms with Crippen LogP contribution in [0, 0.1) is 0 Å². The lowest BCUT2D eigenvalue weighted by molar-refractivity contribution is 0.382. The normalized spacial score (nSPS) is 16.1. The van der Waals surface area contributed by atoms with E-state index < -0.39 is 10.0 Å². The molecule has 0 amide bonds. The predicted molar refractivity (Wildman–Crippen MR) is 104 cm³/mol. The molecule has 1 aliphatic heterocycles. The van der Waals surface area contributed by atoms with Gasteiger partial charge in [0.05, 0.1) is 11.2 Å². The first kappa shape index (κ1) is 17.9. The Balaban J connectivity index is 1.53. The zero-order valence-electron chi connectivity index (χ0n) is 15.2. The van der Waals surface area contributed by atoms with Crippen LogP contribution in [0.15, 0.2) is 47.2 Å². The third-order valence-corrected chi connectivity index (χ3v) is 6.72. The topological polar surface area (TPSA) is 79.5 Å². The van der Waals surface area contributed by atoms with Crippen LogP contribution >= 0.6 is 0 Å². The molecular weight excluding hydrogens is 364 g/mol. The number of hydrogen-bond acceptors (Lipinski definition) is 6. The lowest BCUT2D eigenvalue weighted by Crippen LogP contribution is -2.49. The summed E-state index contributed by atoms with van der Waals surface area (Å²) in [4.78, 5) is 6.95. The van der Waals surface area contributed by atoms with Crippen LogP contribution in [0.2, 0.25) is 0 Å². The van der Waals surface area contributed by atoms with Crippen molar-refractivity contribution >= 4 is 26.6 Å². The molecule has 142 valence electrons. The lowest BCUT2D eigenvalue weighted by atomic mass is 10.1. The van der Waals surface area contributed by atoms with E-state index in [1.54, 1.807) is 10.4 Å². The fraction of sp³-hybridized carbons (Fsp3) is 0.368. The number of aromatic nitrogens is 2. The first-order valence-corrected chi connectivity index (χ1v) is 10.7. The number of piperazine rings is 1. The van der Waals surface area contributed by atoms with Crippen molar-refractivity contribution in [3.8, 4) is 0 Å². The zero-order valence-corrected chi connectivity index (χ0v) is 16.0. The molecule has 4 rings (SSSR count). The molecule has 1 fully saturated rings. The smallest absolute Gasteiger partial charge is 0.220 e. The number of pyridine rings is 1. The van der Waals surface area contributed by atoms with Crippen LogP contribution in [0.25, 0.3) is 10.9 Å². The van der Waals surface area contributed by atoms with Crippen LogP contribution in [0.3, 0.4) is 0 Å².